The zero-order chi connectivity index (χ0) is 20.3. The third kappa shape index (κ3) is 5.18. The molecular formula is C20H33IN6O2S. The van der Waals surface area contributed by atoms with Gasteiger partial charge in [-0.05, 0) is 36.8 Å². The molecule has 1 aromatic heterocycles. The number of likely N-dealkylation sites (tertiary alicyclic amines) is 1. The lowest BCUT2D eigenvalue weighted by molar-refractivity contribution is 0.151. The fourth-order valence-corrected chi connectivity index (χ4v) is 6.03. The number of aliphatic imine (C=N–C) groups is 1. The van der Waals surface area contributed by atoms with Gasteiger partial charge in [0.25, 0.3) is 0 Å². The van der Waals surface area contributed by atoms with Gasteiger partial charge in [-0.1, -0.05) is 12.5 Å². The van der Waals surface area contributed by atoms with Crippen molar-refractivity contribution >= 4 is 45.8 Å². The molecule has 1 N–H and O–H groups in total. The van der Waals surface area contributed by atoms with Crippen LogP contribution in [0.1, 0.15) is 25.7 Å². The molecule has 3 fully saturated rings. The van der Waals surface area contributed by atoms with E-state index in [9.17, 15) is 8.42 Å². The average Bonchev–Trinajstić information content (AvgIpc) is 3.18. The fraction of sp³-hybridized carbons (Fsp3) is 0.700. The number of halogens is 1. The Morgan fingerprint density at radius 2 is 1.93 bits per heavy atom. The Bertz CT molecular complexity index is 823. The summed E-state index contributed by atoms with van der Waals surface area (Å²) in [7, 11) is -1.51. The number of nitrogens with one attached hydrogen (secondary N) is 1. The van der Waals surface area contributed by atoms with Crippen LogP contribution in [0.5, 0.6) is 0 Å². The van der Waals surface area contributed by atoms with Gasteiger partial charge in [-0.15, -0.1) is 24.0 Å². The van der Waals surface area contributed by atoms with Gasteiger partial charge in [-0.2, -0.15) is 4.31 Å². The Hall–Kier alpha value is -1.14. The van der Waals surface area contributed by atoms with Gasteiger partial charge >= 0.3 is 0 Å². The number of pyridine rings is 1. The van der Waals surface area contributed by atoms with E-state index >= 15 is 0 Å². The lowest BCUT2D eigenvalue weighted by Gasteiger charge is -2.38. The van der Waals surface area contributed by atoms with Crippen LogP contribution < -0.4 is 10.2 Å². The van der Waals surface area contributed by atoms with E-state index in [-0.39, 0.29) is 29.7 Å². The van der Waals surface area contributed by atoms with Crippen molar-refractivity contribution in [2.24, 2.45) is 10.4 Å². The lowest BCUT2D eigenvalue weighted by Crippen LogP contribution is -2.51. The van der Waals surface area contributed by atoms with Gasteiger partial charge in [-0.25, -0.2) is 13.4 Å². The highest BCUT2D eigenvalue weighted by molar-refractivity contribution is 14.0. The molecule has 1 spiro atoms. The van der Waals surface area contributed by atoms with Gasteiger partial charge in [0.2, 0.25) is 10.0 Å². The third-order valence-corrected chi connectivity index (χ3v) is 8.48. The van der Waals surface area contributed by atoms with Crippen LogP contribution in [-0.4, -0.2) is 87.2 Å². The van der Waals surface area contributed by atoms with Gasteiger partial charge in [0.05, 0.1) is 5.75 Å². The van der Waals surface area contributed by atoms with Crippen molar-refractivity contribution in [1.29, 1.82) is 0 Å². The summed E-state index contributed by atoms with van der Waals surface area (Å²) in [5, 5.41) is 3.28. The first kappa shape index (κ1) is 23.5. The van der Waals surface area contributed by atoms with Crippen LogP contribution in [0.4, 0.5) is 5.82 Å². The van der Waals surface area contributed by atoms with Gasteiger partial charge in [0, 0.05) is 59.1 Å². The smallest absolute Gasteiger partial charge is 0.215 e. The van der Waals surface area contributed by atoms with Crippen LogP contribution in [0.15, 0.2) is 29.4 Å². The minimum absolute atomic E-state index is 0. The van der Waals surface area contributed by atoms with E-state index in [1.54, 1.807) is 17.5 Å². The predicted octanol–water partition coefficient (Wildman–Crippen LogP) is 1.60. The van der Waals surface area contributed by atoms with Crippen molar-refractivity contribution in [2.75, 3.05) is 63.5 Å². The molecule has 0 bridgehead atoms. The molecule has 1 saturated carbocycles. The molecule has 2 aliphatic heterocycles. The molecule has 1 aliphatic carbocycles. The molecule has 4 rings (SSSR count). The summed E-state index contributed by atoms with van der Waals surface area (Å²) in [5.74, 6) is 1.84. The van der Waals surface area contributed by atoms with Crippen molar-refractivity contribution in [3.05, 3.63) is 24.4 Å². The van der Waals surface area contributed by atoms with Gasteiger partial charge < -0.3 is 15.1 Å². The van der Waals surface area contributed by atoms with Crippen LogP contribution in [0.3, 0.4) is 0 Å². The number of piperazine rings is 1. The zero-order valence-electron chi connectivity index (χ0n) is 17.7. The second-order valence-corrected chi connectivity index (χ2v) is 10.5. The highest BCUT2D eigenvalue weighted by atomic mass is 127. The Morgan fingerprint density at radius 1 is 1.17 bits per heavy atom. The number of anilines is 1. The Labute approximate surface area is 197 Å². The number of hydrogen-bond acceptors (Lipinski definition) is 5. The lowest BCUT2D eigenvalue weighted by atomic mass is 9.68. The summed E-state index contributed by atoms with van der Waals surface area (Å²) in [6, 6.07) is 5.81. The Balaban J connectivity index is 0.00000256. The monoisotopic (exact) mass is 548 g/mol. The maximum Gasteiger partial charge on any atom is 0.215 e. The minimum Gasteiger partial charge on any atom is -0.355 e. The minimum atomic E-state index is -3.28. The topological polar surface area (TPSA) is 81.1 Å². The summed E-state index contributed by atoms with van der Waals surface area (Å²) in [5.41, 5.74) is 0.497. The van der Waals surface area contributed by atoms with E-state index in [2.05, 4.69) is 25.1 Å². The molecule has 0 amide bonds. The number of guanidine groups is 1. The van der Waals surface area contributed by atoms with Crippen molar-refractivity contribution in [3.63, 3.8) is 0 Å². The third-order valence-electron chi connectivity index (χ3n) is 6.61. The quantitative estimate of drug-likeness (QED) is 0.342. The van der Waals surface area contributed by atoms with Gasteiger partial charge in [0.1, 0.15) is 5.82 Å². The molecule has 30 heavy (non-hydrogen) atoms. The molecule has 0 unspecified atom stereocenters. The van der Waals surface area contributed by atoms with Crippen molar-refractivity contribution < 1.29 is 8.42 Å². The predicted molar refractivity (Wildman–Crippen MR) is 131 cm³/mol. The molecule has 1 aromatic rings. The van der Waals surface area contributed by atoms with Gasteiger partial charge in [0.15, 0.2) is 5.96 Å². The Morgan fingerprint density at radius 3 is 2.50 bits per heavy atom. The number of sulfonamides is 1. The molecule has 3 heterocycles. The van der Waals surface area contributed by atoms with E-state index < -0.39 is 10.0 Å². The number of nitrogens with zero attached hydrogens (tertiary/aromatic N) is 5. The van der Waals surface area contributed by atoms with Crippen molar-refractivity contribution in [3.8, 4) is 0 Å². The SMILES string of the molecule is CN=C(NCCS(=O)(=O)N1CCN(c2ccccn2)CC1)N1CCC2(CCC2)C1.I. The van der Waals surface area contributed by atoms with Crippen LogP contribution >= 0.6 is 24.0 Å². The Kier molecular flexibility index (Phi) is 7.83. The van der Waals surface area contributed by atoms with Crippen LogP contribution in [0.25, 0.3) is 0 Å². The molecule has 0 radical (unpaired) electrons. The molecule has 10 heteroatoms. The highest BCUT2D eigenvalue weighted by Crippen LogP contribution is 2.47. The summed E-state index contributed by atoms with van der Waals surface area (Å²) >= 11 is 0. The van der Waals surface area contributed by atoms with Gasteiger partial charge in [-0.3, -0.25) is 4.99 Å². The summed E-state index contributed by atoms with van der Waals surface area (Å²) in [4.78, 5) is 13.2. The highest BCUT2D eigenvalue weighted by Gasteiger charge is 2.43. The standard InChI is InChI=1S/C20H32N6O2S.HI/c1-21-19(25-11-8-20(17-25)6-4-7-20)23-10-16-29(27,28)26-14-12-24(13-15-26)18-5-2-3-9-22-18;/h2-3,5,9H,4,6-8,10-17H2,1H3,(H,21,23);1H. The van der Waals surface area contributed by atoms with E-state index in [0.717, 1.165) is 24.9 Å². The van der Waals surface area contributed by atoms with Crippen molar-refractivity contribution in [2.45, 2.75) is 25.7 Å². The average molecular weight is 548 g/mol. The summed E-state index contributed by atoms with van der Waals surface area (Å²) in [6.45, 7) is 4.79. The molecule has 3 aliphatic rings. The zero-order valence-corrected chi connectivity index (χ0v) is 20.8. The molecular weight excluding hydrogens is 515 g/mol. The van der Waals surface area contributed by atoms with E-state index in [1.807, 2.05) is 18.2 Å². The molecule has 2 saturated heterocycles. The normalized spacial score (nSPS) is 22.0. The molecule has 0 aromatic carbocycles. The maximum atomic E-state index is 12.8. The first-order chi connectivity index (χ1) is 14.0. The van der Waals surface area contributed by atoms with Crippen LogP contribution in [0.2, 0.25) is 0 Å². The van der Waals surface area contributed by atoms with E-state index in [4.69, 9.17) is 0 Å². The largest absolute Gasteiger partial charge is 0.355 e. The molecule has 8 nitrogen and oxygen atoms in total. The van der Waals surface area contributed by atoms with Crippen molar-refractivity contribution in [1.82, 2.24) is 19.5 Å². The molecule has 0 atom stereocenters. The second kappa shape index (κ2) is 9.99. The number of aromatic nitrogens is 1. The van der Waals surface area contributed by atoms with E-state index in [1.165, 1.54) is 25.7 Å². The fourth-order valence-electron chi connectivity index (χ4n) is 4.69. The van der Waals surface area contributed by atoms with E-state index in [0.29, 0.717) is 38.1 Å². The molecule has 168 valence electrons. The first-order valence-corrected chi connectivity index (χ1v) is 12.2. The van der Waals surface area contributed by atoms with Crippen LogP contribution in [0, 0.1) is 5.41 Å². The second-order valence-electron chi connectivity index (χ2n) is 8.39. The van der Waals surface area contributed by atoms with Crippen LogP contribution in [-0.2, 0) is 10.0 Å². The maximum absolute atomic E-state index is 12.8. The summed E-state index contributed by atoms with van der Waals surface area (Å²) in [6.07, 6.45) is 6.97. The number of hydrogen-bond donors (Lipinski definition) is 1. The number of rotatable bonds is 5. The first-order valence-electron chi connectivity index (χ1n) is 10.6. The summed E-state index contributed by atoms with van der Waals surface area (Å²) < 4.78 is 27.2.